The van der Waals surface area contributed by atoms with E-state index in [0.29, 0.717) is 6.42 Å². The molecule has 0 aromatic rings. The zero-order valence-electron chi connectivity index (χ0n) is 3.11. The third-order valence-electron chi connectivity index (χ3n) is 0.337. The van der Waals surface area contributed by atoms with Gasteiger partial charge in [-0.25, -0.2) is 0 Å². The van der Waals surface area contributed by atoms with Crippen LogP contribution in [0.5, 0.6) is 0 Å². The lowest BCUT2D eigenvalue weighted by atomic mass is 10.5. The maximum atomic E-state index is 8.13. The molecule has 0 fully saturated rings. The first-order chi connectivity index (χ1) is 2.27. The first kappa shape index (κ1) is 5.25. The molecule has 5 heavy (non-hydrogen) atoms. The van der Waals surface area contributed by atoms with E-state index in [1.807, 2.05) is 6.92 Å². The van der Waals surface area contributed by atoms with Gasteiger partial charge in [-0.05, 0) is 6.42 Å². The fourth-order valence-corrected chi connectivity index (χ4v) is 0. The summed E-state index contributed by atoms with van der Waals surface area (Å²) >= 11 is 5.02. The SMILES string of the molecule is CC[C@H](O)Cl. The third-order valence-corrected chi connectivity index (χ3v) is 0.645. The van der Waals surface area contributed by atoms with E-state index in [9.17, 15) is 0 Å². The monoisotopic (exact) mass is 94.0 g/mol. The Hall–Kier alpha value is 0.250. The van der Waals surface area contributed by atoms with Gasteiger partial charge in [0.2, 0.25) is 0 Å². The van der Waals surface area contributed by atoms with Crippen LogP contribution >= 0.6 is 11.6 Å². The normalized spacial score (nSPS) is 15.0. The molecular weight excluding hydrogens is 87.5 g/mol. The number of aliphatic hydroxyl groups excluding tert-OH is 1. The van der Waals surface area contributed by atoms with E-state index in [2.05, 4.69) is 0 Å². The van der Waals surface area contributed by atoms with Crippen LogP contribution in [0, 0.1) is 0 Å². The molecule has 32 valence electrons. The molecule has 2 heteroatoms. The van der Waals surface area contributed by atoms with Crippen LogP contribution in [0.25, 0.3) is 0 Å². The highest BCUT2D eigenvalue weighted by Crippen LogP contribution is 1.91. The third kappa shape index (κ3) is 4.25. The zero-order chi connectivity index (χ0) is 4.28. The molecule has 0 spiro atoms. The van der Waals surface area contributed by atoms with Gasteiger partial charge in [0.05, 0.1) is 0 Å². The van der Waals surface area contributed by atoms with Gasteiger partial charge in [0.15, 0.2) is 0 Å². The molecule has 0 amide bonds. The highest BCUT2D eigenvalue weighted by atomic mass is 35.5. The Morgan fingerprint density at radius 3 is 2.20 bits per heavy atom. The summed E-state index contributed by atoms with van der Waals surface area (Å²) in [5.41, 5.74) is -0.644. The van der Waals surface area contributed by atoms with Gasteiger partial charge in [-0.2, -0.15) is 0 Å². The van der Waals surface area contributed by atoms with Crippen LogP contribution in [-0.4, -0.2) is 10.7 Å². The minimum Gasteiger partial charge on any atom is -0.378 e. The van der Waals surface area contributed by atoms with Crippen molar-refractivity contribution in [3.63, 3.8) is 0 Å². The van der Waals surface area contributed by atoms with Crippen LogP contribution in [0.2, 0.25) is 0 Å². The predicted octanol–water partition coefficient (Wildman–Crippen LogP) is 0.954. The minimum atomic E-state index is -0.644. The Morgan fingerprint density at radius 2 is 2.20 bits per heavy atom. The summed E-state index contributed by atoms with van der Waals surface area (Å²) in [6.07, 6.45) is 0.627. The maximum Gasteiger partial charge on any atom is 0.127 e. The largest absolute Gasteiger partial charge is 0.378 e. The molecule has 0 aliphatic heterocycles. The molecule has 0 aliphatic rings. The summed E-state index contributed by atoms with van der Waals surface area (Å²) < 4.78 is 0. The molecule has 1 N–H and O–H groups in total. The van der Waals surface area contributed by atoms with Crippen LogP contribution in [0.1, 0.15) is 13.3 Å². The molecule has 0 heterocycles. The summed E-state index contributed by atoms with van der Waals surface area (Å²) in [5.74, 6) is 0. The Morgan fingerprint density at radius 1 is 2.00 bits per heavy atom. The van der Waals surface area contributed by atoms with Crippen molar-refractivity contribution in [3.8, 4) is 0 Å². The van der Waals surface area contributed by atoms with Crippen LogP contribution in [0.3, 0.4) is 0 Å². The second kappa shape index (κ2) is 2.49. The Labute approximate surface area is 36.6 Å². The number of alkyl halides is 1. The predicted molar refractivity (Wildman–Crippen MR) is 22.2 cm³/mol. The summed E-state index contributed by atoms with van der Waals surface area (Å²) in [5, 5.41) is 8.13. The van der Waals surface area contributed by atoms with Crippen molar-refractivity contribution in [2.75, 3.05) is 0 Å². The number of rotatable bonds is 1. The van der Waals surface area contributed by atoms with Gasteiger partial charge in [0.1, 0.15) is 5.56 Å². The quantitative estimate of drug-likeness (QED) is 0.480. The second-order valence-corrected chi connectivity index (χ2v) is 1.35. The molecule has 0 aromatic carbocycles. The summed E-state index contributed by atoms with van der Waals surface area (Å²) in [4.78, 5) is 0. The first-order valence-electron chi connectivity index (χ1n) is 1.59. The van der Waals surface area contributed by atoms with Gasteiger partial charge in [0, 0.05) is 0 Å². The van der Waals surface area contributed by atoms with Gasteiger partial charge in [-0.1, -0.05) is 18.5 Å². The van der Waals surface area contributed by atoms with Crippen LogP contribution < -0.4 is 0 Å². The second-order valence-electron chi connectivity index (χ2n) is 0.843. The van der Waals surface area contributed by atoms with Crippen molar-refractivity contribution < 1.29 is 5.11 Å². The van der Waals surface area contributed by atoms with E-state index in [0.717, 1.165) is 0 Å². The molecule has 0 saturated heterocycles. The van der Waals surface area contributed by atoms with E-state index in [4.69, 9.17) is 16.7 Å². The summed E-state index contributed by atoms with van der Waals surface area (Å²) in [6, 6.07) is 0. The van der Waals surface area contributed by atoms with Gasteiger partial charge in [-0.3, -0.25) is 0 Å². The smallest absolute Gasteiger partial charge is 0.127 e. The highest BCUT2D eigenvalue weighted by molar-refractivity contribution is 6.19. The van der Waals surface area contributed by atoms with Gasteiger partial charge in [-0.15, -0.1) is 0 Å². The summed E-state index contributed by atoms with van der Waals surface area (Å²) in [6.45, 7) is 1.82. The molecular formula is C3H7ClO. The lowest BCUT2D eigenvalue weighted by molar-refractivity contribution is 0.252. The number of hydrogen-bond donors (Lipinski definition) is 1. The Bertz CT molecular complexity index is 20.9. The van der Waals surface area contributed by atoms with Crippen LogP contribution in [0.4, 0.5) is 0 Å². The molecule has 0 bridgehead atoms. The topological polar surface area (TPSA) is 20.2 Å². The molecule has 0 aromatic heterocycles. The highest BCUT2D eigenvalue weighted by Gasteiger charge is 1.85. The Kier molecular flexibility index (Phi) is 2.61. The number of halogens is 1. The Balaban J connectivity index is 2.54. The molecule has 0 saturated carbocycles. The fourth-order valence-electron chi connectivity index (χ4n) is 0. The molecule has 1 atom stereocenters. The average molecular weight is 94.5 g/mol. The van der Waals surface area contributed by atoms with E-state index < -0.39 is 5.56 Å². The van der Waals surface area contributed by atoms with Crippen molar-refractivity contribution in [2.45, 2.75) is 18.9 Å². The van der Waals surface area contributed by atoms with Crippen molar-refractivity contribution in [1.82, 2.24) is 0 Å². The summed E-state index contributed by atoms with van der Waals surface area (Å²) in [7, 11) is 0. The maximum absolute atomic E-state index is 8.13. The average Bonchev–Trinajstić information content (AvgIpc) is 1.38. The van der Waals surface area contributed by atoms with Gasteiger partial charge >= 0.3 is 0 Å². The number of aliphatic hydroxyl groups is 1. The van der Waals surface area contributed by atoms with E-state index in [-0.39, 0.29) is 0 Å². The molecule has 0 aliphatic carbocycles. The van der Waals surface area contributed by atoms with Crippen molar-refractivity contribution in [1.29, 1.82) is 0 Å². The fraction of sp³-hybridized carbons (Fsp3) is 1.00. The first-order valence-corrected chi connectivity index (χ1v) is 2.03. The molecule has 1 nitrogen and oxygen atoms in total. The molecule has 0 unspecified atom stereocenters. The lowest BCUT2D eigenvalue weighted by Gasteiger charge is -1.87. The zero-order valence-corrected chi connectivity index (χ0v) is 3.87. The van der Waals surface area contributed by atoms with Crippen molar-refractivity contribution in [3.05, 3.63) is 0 Å². The lowest BCUT2D eigenvalue weighted by Crippen LogP contribution is -1.88. The van der Waals surface area contributed by atoms with Crippen LogP contribution in [-0.2, 0) is 0 Å². The standard InChI is InChI=1S/C3H7ClO/c1-2-3(4)5/h3,5H,2H2,1H3/t3-/m0/s1. The van der Waals surface area contributed by atoms with Crippen molar-refractivity contribution in [2.24, 2.45) is 0 Å². The minimum absolute atomic E-state index is 0.627. The van der Waals surface area contributed by atoms with E-state index in [1.54, 1.807) is 0 Å². The van der Waals surface area contributed by atoms with Crippen LogP contribution in [0.15, 0.2) is 0 Å². The van der Waals surface area contributed by atoms with Gasteiger partial charge < -0.3 is 5.11 Å². The van der Waals surface area contributed by atoms with E-state index in [1.165, 1.54) is 0 Å². The van der Waals surface area contributed by atoms with E-state index >= 15 is 0 Å². The number of hydrogen-bond acceptors (Lipinski definition) is 1. The van der Waals surface area contributed by atoms with Gasteiger partial charge in [0.25, 0.3) is 0 Å². The molecule has 0 radical (unpaired) electrons. The van der Waals surface area contributed by atoms with Crippen molar-refractivity contribution >= 4 is 11.6 Å². The molecule has 0 rings (SSSR count).